The van der Waals surface area contributed by atoms with Crippen LogP contribution in [-0.4, -0.2) is 0 Å². The zero-order valence-corrected chi connectivity index (χ0v) is 13.2. The number of rotatable bonds is 5. The first-order chi connectivity index (χ1) is 9.20. The molecule has 0 aliphatic carbocycles. The van der Waals surface area contributed by atoms with Gasteiger partial charge in [0, 0.05) is 22.1 Å². The Hall–Kier alpha value is -0.830. The number of hydrogen-bond donors (Lipinski definition) is 1. The van der Waals surface area contributed by atoms with Crippen molar-refractivity contribution in [3.63, 3.8) is 0 Å². The van der Waals surface area contributed by atoms with Gasteiger partial charge in [0.1, 0.15) is 0 Å². The molecule has 1 unspecified atom stereocenters. The molecule has 0 bridgehead atoms. The number of nitrogens with one attached hydrogen (secondary N) is 1. The molecule has 0 saturated carbocycles. The van der Waals surface area contributed by atoms with Crippen molar-refractivity contribution in [1.82, 2.24) is 5.32 Å². The summed E-state index contributed by atoms with van der Waals surface area (Å²) in [7, 11) is 0. The van der Waals surface area contributed by atoms with Gasteiger partial charge in [0.15, 0.2) is 0 Å². The van der Waals surface area contributed by atoms with Gasteiger partial charge in [-0.2, -0.15) is 0 Å². The van der Waals surface area contributed by atoms with Gasteiger partial charge in [0.2, 0.25) is 0 Å². The summed E-state index contributed by atoms with van der Waals surface area (Å²) in [6.07, 6.45) is 1.06. The second-order valence-electron chi connectivity index (χ2n) is 4.49. The fourth-order valence-electron chi connectivity index (χ4n) is 2.08. The Bertz CT molecular complexity index is 528. The largest absolute Gasteiger partial charge is 0.306 e. The molecule has 0 amide bonds. The standard InChI is InChI=1S/C16H17BrClN/c1-2-16(12-6-4-3-5-7-12)19-11-13-8-9-14(18)10-15(13)17/h3-10,16,19H,2,11H2,1H3. The molecule has 1 nitrogen and oxygen atoms in total. The summed E-state index contributed by atoms with van der Waals surface area (Å²) >= 11 is 9.50. The molecule has 2 aromatic rings. The third kappa shape index (κ3) is 4.07. The molecule has 1 atom stereocenters. The average Bonchev–Trinajstić information content (AvgIpc) is 2.43. The summed E-state index contributed by atoms with van der Waals surface area (Å²) in [5, 5.41) is 4.34. The summed E-state index contributed by atoms with van der Waals surface area (Å²) in [6, 6.07) is 16.8. The summed E-state index contributed by atoms with van der Waals surface area (Å²) in [5.74, 6) is 0. The normalized spacial score (nSPS) is 12.4. The van der Waals surface area contributed by atoms with Crippen LogP contribution in [0.15, 0.2) is 53.0 Å². The minimum atomic E-state index is 0.378. The summed E-state index contributed by atoms with van der Waals surface area (Å²) < 4.78 is 1.05. The van der Waals surface area contributed by atoms with Crippen molar-refractivity contribution in [3.05, 3.63) is 69.2 Å². The predicted octanol–water partition coefficient (Wildman–Crippen LogP) is 5.34. The molecule has 100 valence electrons. The maximum atomic E-state index is 5.95. The van der Waals surface area contributed by atoms with Crippen molar-refractivity contribution in [2.45, 2.75) is 25.9 Å². The third-order valence-corrected chi connectivity index (χ3v) is 4.14. The lowest BCUT2D eigenvalue weighted by molar-refractivity contribution is 0.518. The SMILES string of the molecule is CCC(NCc1ccc(Cl)cc1Br)c1ccccc1. The molecule has 2 aromatic carbocycles. The van der Waals surface area contributed by atoms with Crippen molar-refractivity contribution in [2.75, 3.05) is 0 Å². The number of hydrogen-bond acceptors (Lipinski definition) is 1. The first-order valence-corrected chi connectivity index (χ1v) is 7.60. The molecule has 2 rings (SSSR count). The molecular formula is C16H17BrClN. The van der Waals surface area contributed by atoms with Crippen molar-refractivity contribution in [3.8, 4) is 0 Å². The van der Waals surface area contributed by atoms with Gasteiger partial charge in [-0.15, -0.1) is 0 Å². The van der Waals surface area contributed by atoms with Crippen molar-refractivity contribution < 1.29 is 0 Å². The van der Waals surface area contributed by atoms with Gasteiger partial charge in [0.05, 0.1) is 0 Å². The first-order valence-electron chi connectivity index (χ1n) is 6.43. The van der Waals surface area contributed by atoms with Crippen LogP contribution in [-0.2, 0) is 6.54 Å². The molecule has 1 N–H and O–H groups in total. The summed E-state index contributed by atoms with van der Waals surface area (Å²) in [4.78, 5) is 0. The molecule has 0 saturated heterocycles. The molecule has 19 heavy (non-hydrogen) atoms. The van der Waals surface area contributed by atoms with E-state index < -0.39 is 0 Å². The Kier molecular flexibility index (Phi) is 5.44. The quantitative estimate of drug-likeness (QED) is 0.775. The van der Waals surface area contributed by atoms with E-state index in [0.29, 0.717) is 6.04 Å². The van der Waals surface area contributed by atoms with Gasteiger partial charge in [-0.25, -0.2) is 0 Å². The van der Waals surface area contributed by atoms with Gasteiger partial charge in [-0.05, 0) is 29.7 Å². The zero-order chi connectivity index (χ0) is 13.7. The van der Waals surface area contributed by atoms with E-state index in [4.69, 9.17) is 11.6 Å². The fourth-order valence-corrected chi connectivity index (χ4v) is 2.90. The lowest BCUT2D eigenvalue weighted by Gasteiger charge is -2.18. The van der Waals surface area contributed by atoms with Crippen LogP contribution in [0.3, 0.4) is 0 Å². The topological polar surface area (TPSA) is 12.0 Å². The molecular weight excluding hydrogens is 322 g/mol. The smallest absolute Gasteiger partial charge is 0.0417 e. The van der Waals surface area contributed by atoms with Crippen LogP contribution in [0.2, 0.25) is 5.02 Å². The molecule has 0 heterocycles. The van der Waals surface area contributed by atoms with Gasteiger partial charge >= 0.3 is 0 Å². The van der Waals surface area contributed by atoms with E-state index >= 15 is 0 Å². The van der Waals surface area contributed by atoms with E-state index in [-0.39, 0.29) is 0 Å². The average molecular weight is 339 g/mol. The highest BCUT2D eigenvalue weighted by molar-refractivity contribution is 9.10. The Balaban J connectivity index is 2.04. The highest BCUT2D eigenvalue weighted by Gasteiger charge is 2.09. The highest BCUT2D eigenvalue weighted by Crippen LogP contribution is 2.23. The highest BCUT2D eigenvalue weighted by atomic mass is 79.9. The van der Waals surface area contributed by atoms with Crippen LogP contribution in [0.25, 0.3) is 0 Å². The van der Waals surface area contributed by atoms with Crippen molar-refractivity contribution in [1.29, 1.82) is 0 Å². The molecule has 0 fully saturated rings. The monoisotopic (exact) mass is 337 g/mol. The Morgan fingerprint density at radius 1 is 1.16 bits per heavy atom. The molecule has 3 heteroatoms. The van der Waals surface area contributed by atoms with Crippen molar-refractivity contribution >= 4 is 27.5 Å². The van der Waals surface area contributed by atoms with Crippen LogP contribution in [0, 0.1) is 0 Å². The van der Waals surface area contributed by atoms with E-state index in [1.54, 1.807) is 0 Å². The van der Waals surface area contributed by atoms with E-state index in [2.05, 4.69) is 58.5 Å². The third-order valence-electron chi connectivity index (χ3n) is 3.16. The Morgan fingerprint density at radius 3 is 2.53 bits per heavy atom. The predicted molar refractivity (Wildman–Crippen MR) is 85.5 cm³/mol. The van der Waals surface area contributed by atoms with Gasteiger partial charge in [0.25, 0.3) is 0 Å². The lowest BCUT2D eigenvalue weighted by Crippen LogP contribution is -2.20. The molecule has 0 aliphatic rings. The Labute approximate surface area is 128 Å². The Morgan fingerprint density at radius 2 is 1.89 bits per heavy atom. The maximum absolute atomic E-state index is 5.95. The van der Waals surface area contributed by atoms with Gasteiger partial charge < -0.3 is 5.32 Å². The maximum Gasteiger partial charge on any atom is 0.0417 e. The molecule has 0 spiro atoms. The van der Waals surface area contributed by atoms with E-state index in [0.717, 1.165) is 22.5 Å². The number of halogens is 2. The van der Waals surface area contributed by atoms with Gasteiger partial charge in [-0.3, -0.25) is 0 Å². The minimum absolute atomic E-state index is 0.378. The van der Waals surface area contributed by atoms with Crippen LogP contribution in [0.1, 0.15) is 30.5 Å². The van der Waals surface area contributed by atoms with Crippen molar-refractivity contribution in [2.24, 2.45) is 0 Å². The summed E-state index contributed by atoms with van der Waals surface area (Å²) in [6.45, 7) is 3.02. The second-order valence-corrected chi connectivity index (χ2v) is 5.78. The molecule has 0 radical (unpaired) electrons. The second kappa shape index (κ2) is 7.09. The zero-order valence-electron chi connectivity index (χ0n) is 10.9. The lowest BCUT2D eigenvalue weighted by atomic mass is 10.0. The molecule has 0 aromatic heterocycles. The van der Waals surface area contributed by atoms with E-state index in [9.17, 15) is 0 Å². The molecule has 0 aliphatic heterocycles. The fraction of sp³-hybridized carbons (Fsp3) is 0.250. The number of benzene rings is 2. The van der Waals surface area contributed by atoms with Crippen LogP contribution in [0.5, 0.6) is 0 Å². The van der Waals surface area contributed by atoms with Crippen LogP contribution in [0.4, 0.5) is 0 Å². The van der Waals surface area contributed by atoms with Crippen LogP contribution >= 0.6 is 27.5 Å². The van der Waals surface area contributed by atoms with E-state index in [1.807, 2.05) is 18.2 Å². The van der Waals surface area contributed by atoms with Gasteiger partial charge in [-0.1, -0.05) is 70.9 Å². The van der Waals surface area contributed by atoms with E-state index in [1.165, 1.54) is 11.1 Å². The minimum Gasteiger partial charge on any atom is -0.306 e. The summed E-state index contributed by atoms with van der Waals surface area (Å²) in [5.41, 5.74) is 2.55. The first kappa shape index (κ1) is 14.6. The van der Waals surface area contributed by atoms with Crippen LogP contribution < -0.4 is 5.32 Å².